The Morgan fingerprint density at radius 3 is 2.85 bits per heavy atom. The molecule has 1 aromatic carbocycles. The third-order valence-electron chi connectivity index (χ3n) is 1.64. The standard InChI is InChI=1S/C10H12ClNO/c1-3-13-7(2)8-4-5-9(11)10(12)6-8/h4-6H,2-3,12H2,1H3. The first-order valence-corrected chi connectivity index (χ1v) is 4.40. The molecule has 0 aliphatic rings. The molecule has 0 fully saturated rings. The minimum absolute atomic E-state index is 0.542. The van der Waals surface area contributed by atoms with Crippen LogP contribution >= 0.6 is 11.6 Å². The van der Waals surface area contributed by atoms with Crippen LogP contribution in [0.4, 0.5) is 5.69 Å². The first kappa shape index (κ1) is 9.93. The molecule has 0 saturated heterocycles. The molecule has 0 bridgehead atoms. The van der Waals surface area contributed by atoms with Crippen LogP contribution in [-0.2, 0) is 4.74 Å². The topological polar surface area (TPSA) is 35.2 Å². The van der Waals surface area contributed by atoms with Gasteiger partial charge in [0.15, 0.2) is 0 Å². The Hall–Kier alpha value is -1.15. The second-order valence-corrected chi connectivity index (χ2v) is 3.00. The fraction of sp³-hybridized carbons (Fsp3) is 0.200. The largest absolute Gasteiger partial charge is 0.494 e. The molecule has 0 amide bonds. The average Bonchev–Trinajstić information content (AvgIpc) is 2.10. The maximum Gasteiger partial charge on any atom is 0.119 e. The summed E-state index contributed by atoms with van der Waals surface area (Å²) in [6.45, 7) is 6.27. The molecular weight excluding hydrogens is 186 g/mol. The van der Waals surface area contributed by atoms with Gasteiger partial charge in [-0.05, 0) is 25.1 Å². The van der Waals surface area contributed by atoms with E-state index in [9.17, 15) is 0 Å². The predicted octanol–water partition coefficient (Wildman–Crippen LogP) is 2.93. The summed E-state index contributed by atoms with van der Waals surface area (Å²) >= 11 is 5.77. The molecule has 0 aromatic heterocycles. The number of hydrogen-bond donors (Lipinski definition) is 1. The van der Waals surface area contributed by atoms with Gasteiger partial charge in [-0.1, -0.05) is 18.2 Å². The molecule has 0 radical (unpaired) electrons. The number of benzene rings is 1. The lowest BCUT2D eigenvalue weighted by atomic mass is 10.2. The van der Waals surface area contributed by atoms with Crippen molar-refractivity contribution in [2.45, 2.75) is 6.92 Å². The number of halogens is 1. The molecule has 2 nitrogen and oxygen atoms in total. The molecule has 1 rings (SSSR count). The van der Waals surface area contributed by atoms with Crippen LogP contribution in [0.3, 0.4) is 0 Å². The second-order valence-electron chi connectivity index (χ2n) is 2.59. The number of nitrogen functional groups attached to an aromatic ring is 1. The van der Waals surface area contributed by atoms with Crippen molar-refractivity contribution in [3.63, 3.8) is 0 Å². The van der Waals surface area contributed by atoms with E-state index in [1.54, 1.807) is 12.1 Å². The van der Waals surface area contributed by atoms with E-state index in [4.69, 9.17) is 22.1 Å². The van der Waals surface area contributed by atoms with Crippen LogP contribution in [0.15, 0.2) is 24.8 Å². The van der Waals surface area contributed by atoms with Crippen LogP contribution in [0, 0.1) is 0 Å². The number of hydrogen-bond acceptors (Lipinski definition) is 2. The molecule has 0 saturated carbocycles. The third kappa shape index (κ3) is 2.39. The molecule has 0 atom stereocenters. The smallest absolute Gasteiger partial charge is 0.119 e. The summed E-state index contributed by atoms with van der Waals surface area (Å²) in [4.78, 5) is 0. The molecule has 70 valence electrons. The third-order valence-corrected chi connectivity index (χ3v) is 1.98. The molecule has 0 aliphatic heterocycles. The van der Waals surface area contributed by atoms with Crippen LogP contribution in [0.2, 0.25) is 5.02 Å². The first-order valence-electron chi connectivity index (χ1n) is 4.02. The molecule has 13 heavy (non-hydrogen) atoms. The number of anilines is 1. The quantitative estimate of drug-likeness (QED) is 0.598. The van der Waals surface area contributed by atoms with Crippen LogP contribution in [0.25, 0.3) is 5.76 Å². The summed E-state index contributed by atoms with van der Waals surface area (Å²) in [7, 11) is 0. The van der Waals surface area contributed by atoms with Crippen LogP contribution in [0.1, 0.15) is 12.5 Å². The van der Waals surface area contributed by atoms with Crippen molar-refractivity contribution < 1.29 is 4.74 Å². The van der Waals surface area contributed by atoms with Gasteiger partial charge in [-0.2, -0.15) is 0 Å². The first-order chi connectivity index (χ1) is 6.15. The van der Waals surface area contributed by atoms with Gasteiger partial charge in [0.25, 0.3) is 0 Å². The SMILES string of the molecule is C=C(OCC)c1ccc(Cl)c(N)c1. The highest BCUT2D eigenvalue weighted by atomic mass is 35.5. The van der Waals surface area contributed by atoms with Crippen molar-refractivity contribution in [2.24, 2.45) is 0 Å². The monoisotopic (exact) mass is 197 g/mol. The Labute approximate surface area is 83.0 Å². The Balaban J connectivity index is 2.90. The van der Waals surface area contributed by atoms with Gasteiger partial charge >= 0.3 is 0 Å². The van der Waals surface area contributed by atoms with Gasteiger partial charge < -0.3 is 10.5 Å². The maximum absolute atomic E-state index is 5.77. The Morgan fingerprint density at radius 2 is 2.31 bits per heavy atom. The van der Waals surface area contributed by atoms with E-state index in [1.807, 2.05) is 13.0 Å². The van der Waals surface area contributed by atoms with E-state index >= 15 is 0 Å². The molecular formula is C10H12ClNO. The van der Waals surface area contributed by atoms with Crippen LogP contribution in [-0.4, -0.2) is 6.61 Å². The van der Waals surface area contributed by atoms with E-state index in [0.717, 1.165) is 5.56 Å². The molecule has 1 aromatic rings. The van der Waals surface area contributed by atoms with Crippen molar-refractivity contribution >= 4 is 23.0 Å². The molecule has 0 unspecified atom stereocenters. The predicted molar refractivity (Wildman–Crippen MR) is 56.5 cm³/mol. The summed E-state index contributed by atoms with van der Waals surface area (Å²) in [6.07, 6.45) is 0. The van der Waals surface area contributed by atoms with Gasteiger partial charge in [-0.15, -0.1) is 0 Å². The Bertz CT molecular complexity index is 323. The van der Waals surface area contributed by atoms with Crippen molar-refractivity contribution in [3.05, 3.63) is 35.4 Å². The van der Waals surface area contributed by atoms with Gasteiger partial charge in [-0.3, -0.25) is 0 Å². The van der Waals surface area contributed by atoms with E-state index in [0.29, 0.717) is 23.1 Å². The lowest BCUT2D eigenvalue weighted by Crippen LogP contribution is -1.92. The highest BCUT2D eigenvalue weighted by Gasteiger charge is 2.01. The van der Waals surface area contributed by atoms with Gasteiger partial charge in [0.05, 0.1) is 17.3 Å². The number of nitrogens with two attached hydrogens (primary N) is 1. The van der Waals surface area contributed by atoms with E-state index in [2.05, 4.69) is 6.58 Å². The summed E-state index contributed by atoms with van der Waals surface area (Å²) < 4.78 is 5.23. The molecule has 0 heterocycles. The summed E-state index contributed by atoms with van der Waals surface area (Å²) in [5, 5.41) is 0.549. The molecule has 2 N–H and O–H groups in total. The zero-order chi connectivity index (χ0) is 9.84. The summed E-state index contributed by atoms with van der Waals surface area (Å²) in [6, 6.07) is 5.31. The minimum atomic E-state index is 0.542. The fourth-order valence-electron chi connectivity index (χ4n) is 0.975. The van der Waals surface area contributed by atoms with E-state index < -0.39 is 0 Å². The molecule has 0 aliphatic carbocycles. The van der Waals surface area contributed by atoms with Crippen molar-refractivity contribution in [1.82, 2.24) is 0 Å². The van der Waals surface area contributed by atoms with Crippen LogP contribution in [0.5, 0.6) is 0 Å². The van der Waals surface area contributed by atoms with Gasteiger partial charge in [0, 0.05) is 5.56 Å². The second kappa shape index (κ2) is 4.19. The molecule has 0 spiro atoms. The zero-order valence-electron chi connectivity index (χ0n) is 7.51. The van der Waals surface area contributed by atoms with Gasteiger partial charge in [0.2, 0.25) is 0 Å². The highest BCUT2D eigenvalue weighted by Crippen LogP contribution is 2.23. The summed E-state index contributed by atoms with van der Waals surface area (Å²) in [5.74, 6) is 0.617. The van der Waals surface area contributed by atoms with Gasteiger partial charge in [-0.25, -0.2) is 0 Å². The lowest BCUT2D eigenvalue weighted by Gasteiger charge is -2.07. The number of rotatable bonds is 3. The van der Waals surface area contributed by atoms with Crippen molar-refractivity contribution in [2.75, 3.05) is 12.3 Å². The van der Waals surface area contributed by atoms with Crippen molar-refractivity contribution in [3.8, 4) is 0 Å². The average molecular weight is 198 g/mol. The Kier molecular flexibility index (Phi) is 3.20. The van der Waals surface area contributed by atoms with Gasteiger partial charge in [0.1, 0.15) is 5.76 Å². The fourth-order valence-corrected chi connectivity index (χ4v) is 1.09. The highest BCUT2D eigenvalue weighted by molar-refractivity contribution is 6.33. The van der Waals surface area contributed by atoms with Crippen LogP contribution < -0.4 is 5.73 Å². The Morgan fingerprint density at radius 1 is 1.62 bits per heavy atom. The van der Waals surface area contributed by atoms with Crippen molar-refractivity contribution in [1.29, 1.82) is 0 Å². The normalized spacial score (nSPS) is 9.69. The number of ether oxygens (including phenoxy) is 1. The minimum Gasteiger partial charge on any atom is -0.494 e. The summed E-state index contributed by atoms with van der Waals surface area (Å²) in [5.41, 5.74) is 7.03. The van der Waals surface area contributed by atoms with E-state index in [-0.39, 0.29) is 0 Å². The molecule has 3 heteroatoms. The zero-order valence-corrected chi connectivity index (χ0v) is 8.27. The maximum atomic E-state index is 5.77. The van der Waals surface area contributed by atoms with E-state index in [1.165, 1.54) is 0 Å². The lowest BCUT2D eigenvalue weighted by molar-refractivity contribution is 0.299.